The van der Waals surface area contributed by atoms with Crippen LogP contribution in [0.3, 0.4) is 0 Å². The van der Waals surface area contributed by atoms with E-state index < -0.39 is 5.91 Å². The van der Waals surface area contributed by atoms with Gasteiger partial charge >= 0.3 is 0 Å². The molecule has 4 N–H and O–H groups in total. The van der Waals surface area contributed by atoms with Crippen LogP contribution in [0, 0.1) is 5.92 Å². The van der Waals surface area contributed by atoms with Gasteiger partial charge in [-0.05, 0) is 43.4 Å². The zero-order valence-corrected chi connectivity index (χ0v) is 9.97. The molecule has 1 aromatic rings. The van der Waals surface area contributed by atoms with E-state index in [1.54, 1.807) is 0 Å². The van der Waals surface area contributed by atoms with Crippen molar-refractivity contribution in [2.24, 2.45) is 5.92 Å². The van der Waals surface area contributed by atoms with E-state index >= 15 is 0 Å². The molecule has 98 valence electrons. The van der Waals surface area contributed by atoms with E-state index in [0.29, 0.717) is 13.0 Å². The van der Waals surface area contributed by atoms with Gasteiger partial charge in [0.1, 0.15) is 11.5 Å². The fraction of sp³-hybridized carbons (Fsp3) is 0.462. The molecule has 0 heterocycles. The summed E-state index contributed by atoms with van der Waals surface area (Å²) in [4.78, 5) is 11.8. The van der Waals surface area contributed by atoms with Crippen molar-refractivity contribution in [2.45, 2.75) is 25.4 Å². The summed E-state index contributed by atoms with van der Waals surface area (Å²) in [5.74, 6) is -0.348. The van der Waals surface area contributed by atoms with E-state index in [1.807, 2.05) is 0 Å². The first-order valence-corrected chi connectivity index (χ1v) is 6.04. The highest BCUT2D eigenvalue weighted by Crippen LogP contribution is 2.25. The number of aliphatic hydroxyl groups excluding tert-OH is 1. The van der Waals surface area contributed by atoms with Crippen LogP contribution < -0.4 is 5.32 Å². The second-order valence-corrected chi connectivity index (χ2v) is 4.74. The maximum Gasteiger partial charge on any atom is 0.255 e. The minimum Gasteiger partial charge on any atom is -0.508 e. The highest BCUT2D eigenvalue weighted by atomic mass is 16.3. The van der Waals surface area contributed by atoms with Crippen LogP contribution >= 0.6 is 0 Å². The Hall–Kier alpha value is -1.75. The van der Waals surface area contributed by atoms with Crippen LogP contribution in [-0.2, 0) is 0 Å². The van der Waals surface area contributed by atoms with Gasteiger partial charge in [0, 0.05) is 6.54 Å². The highest BCUT2D eigenvalue weighted by Gasteiger charge is 2.23. The van der Waals surface area contributed by atoms with Crippen LogP contribution in [0.2, 0.25) is 0 Å². The van der Waals surface area contributed by atoms with E-state index in [1.165, 1.54) is 18.2 Å². The predicted molar refractivity (Wildman–Crippen MR) is 65.5 cm³/mol. The normalized spacial score (nSPS) is 22.9. The third-order valence-electron chi connectivity index (χ3n) is 3.29. The first-order chi connectivity index (χ1) is 8.56. The third-order valence-corrected chi connectivity index (χ3v) is 3.29. The van der Waals surface area contributed by atoms with E-state index in [4.69, 9.17) is 0 Å². The van der Waals surface area contributed by atoms with Crippen molar-refractivity contribution in [2.75, 3.05) is 6.54 Å². The molecular formula is C13H17NO4. The van der Waals surface area contributed by atoms with Crippen molar-refractivity contribution in [1.82, 2.24) is 5.32 Å². The molecule has 5 nitrogen and oxygen atoms in total. The summed E-state index contributed by atoms with van der Waals surface area (Å²) < 4.78 is 0. The van der Waals surface area contributed by atoms with Gasteiger partial charge in [0.25, 0.3) is 5.91 Å². The van der Waals surface area contributed by atoms with Crippen molar-refractivity contribution < 1.29 is 20.1 Å². The number of aliphatic hydroxyl groups is 1. The highest BCUT2D eigenvalue weighted by molar-refractivity contribution is 5.97. The molecule has 5 heteroatoms. The second kappa shape index (κ2) is 5.27. The molecule has 1 fully saturated rings. The van der Waals surface area contributed by atoms with E-state index in [2.05, 4.69) is 5.32 Å². The minimum atomic E-state index is -0.412. The topological polar surface area (TPSA) is 89.8 Å². The molecule has 2 atom stereocenters. The third kappa shape index (κ3) is 2.92. The van der Waals surface area contributed by atoms with E-state index in [0.717, 1.165) is 12.8 Å². The monoisotopic (exact) mass is 251 g/mol. The molecule has 0 bridgehead atoms. The summed E-state index contributed by atoms with van der Waals surface area (Å²) in [6, 6.07) is 3.83. The molecule has 1 aromatic carbocycles. The van der Waals surface area contributed by atoms with Gasteiger partial charge in [-0.1, -0.05) is 0 Å². The summed E-state index contributed by atoms with van der Waals surface area (Å²) in [7, 11) is 0. The Bertz CT molecular complexity index is 447. The smallest absolute Gasteiger partial charge is 0.255 e. The second-order valence-electron chi connectivity index (χ2n) is 4.74. The van der Waals surface area contributed by atoms with Gasteiger partial charge in [-0.2, -0.15) is 0 Å². The lowest BCUT2D eigenvalue weighted by molar-refractivity contribution is 0.0942. The van der Waals surface area contributed by atoms with Crippen LogP contribution in [0.5, 0.6) is 11.5 Å². The Balaban J connectivity index is 1.93. The number of hydrogen-bond donors (Lipinski definition) is 4. The van der Waals surface area contributed by atoms with Crippen molar-refractivity contribution >= 4 is 5.91 Å². The summed E-state index contributed by atoms with van der Waals surface area (Å²) in [6.45, 7) is 0.477. The molecule has 18 heavy (non-hydrogen) atoms. The van der Waals surface area contributed by atoms with E-state index in [-0.39, 0.29) is 29.1 Å². The first kappa shape index (κ1) is 12.7. The van der Waals surface area contributed by atoms with Gasteiger partial charge in [0.05, 0.1) is 11.7 Å². The Morgan fingerprint density at radius 2 is 2.11 bits per heavy atom. The lowest BCUT2D eigenvalue weighted by Gasteiger charge is -2.11. The van der Waals surface area contributed by atoms with Gasteiger partial charge in [0.2, 0.25) is 0 Å². The summed E-state index contributed by atoms with van der Waals surface area (Å²) in [5, 5.41) is 30.9. The van der Waals surface area contributed by atoms with Crippen LogP contribution in [0.4, 0.5) is 0 Å². The summed E-state index contributed by atoms with van der Waals surface area (Å²) in [6.07, 6.45) is 2.11. The molecular weight excluding hydrogens is 234 g/mol. The number of aromatic hydroxyl groups is 2. The Kier molecular flexibility index (Phi) is 3.72. The SMILES string of the molecule is O=C(NCC1CCC(O)C1)c1cc(O)ccc1O. The Morgan fingerprint density at radius 1 is 1.33 bits per heavy atom. The molecule has 1 aliphatic carbocycles. The number of hydrogen-bond acceptors (Lipinski definition) is 4. The average Bonchev–Trinajstić information content (AvgIpc) is 2.75. The number of carbonyl (C=O) groups excluding carboxylic acids is 1. The largest absolute Gasteiger partial charge is 0.508 e. The molecule has 0 aliphatic heterocycles. The van der Waals surface area contributed by atoms with Gasteiger partial charge < -0.3 is 20.6 Å². The molecule has 0 saturated heterocycles. The predicted octanol–water partition coefficient (Wildman–Crippen LogP) is 0.989. The van der Waals surface area contributed by atoms with Crippen molar-refractivity contribution in [1.29, 1.82) is 0 Å². The lowest BCUT2D eigenvalue weighted by Crippen LogP contribution is -2.28. The Morgan fingerprint density at radius 3 is 2.78 bits per heavy atom. The van der Waals surface area contributed by atoms with Crippen LogP contribution in [0.15, 0.2) is 18.2 Å². The first-order valence-electron chi connectivity index (χ1n) is 6.04. The molecule has 1 saturated carbocycles. The molecule has 2 rings (SSSR count). The van der Waals surface area contributed by atoms with Gasteiger partial charge in [-0.15, -0.1) is 0 Å². The maximum atomic E-state index is 11.8. The molecule has 1 amide bonds. The zero-order chi connectivity index (χ0) is 13.1. The standard InChI is InChI=1S/C13H17NO4/c15-9-2-1-8(5-9)7-14-13(18)11-6-10(16)3-4-12(11)17/h3-4,6,8-9,15-17H,1-2,5,7H2,(H,14,18). The quantitative estimate of drug-likeness (QED) is 0.603. The Labute approximate surface area is 105 Å². The number of benzene rings is 1. The molecule has 2 unspecified atom stereocenters. The van der Waals surface area contributed by atoms with Crippen LogP contribution in [0.25, 0.3) is 0 Å². The molecule has 0 radical (unpaired) electrons. The summed E-state index contributed by atoms with van der Waals surface area (Å²) >= 11 is 0. The minimum absolute atomic E-state index is 0.0609. The number of rotatable bonds is 3. The molecule has 1 aliphatic rings. The molecule has 0 aromatic heterocycles. The number of phenols is 2. The zero-order valence-electron chi connectivity index (χ0n) is 9.97. The fourth-order valence-electron chi connectivity index (χ4n) is 2.27. The molecule has 0 spiro atoms. The number of nitrogens with one attached hydrogen (secondary N) is 1. The number of amides is 1. The number of carbonyl (C=O) groups is 1. The average molecular weight is 251 g/mol. The number of phenolic OH excluding ortho intramolecular Hbond substituents is 2. The van der Waals surface area contributed by atoms with Crippen molar-refractivity contribution in [3.63, 3.8) is 0 Å². The van der Waals surface area contributed by atoms with Crippen molar-refractivity contribution in [3.05, 3.63) is 23.8 Å². The van der Waals surface area contributed by atoms with Crippen molar-refractivity contribution in [3.8, 4) is 11.5 Å². The van der Waals surface area contributed by atoms with Gasteiger partial charge in [-0.25, -0.2) is 0 Å². The summed E-state index contributed by atoms with van der Waals surface area (Å²) in [5.41, 5.74) is 0.0635. The van der Waals surface area contributed by atoms with Crippen LogP contribution in [0.1, 0.15) is 29.6 Å². The maximum absolute atomic E-state index is 11.8. The van der Waals surface area contributed by atoms with Gasteiger partial charge in [-0.3, -0.25) is 4.79 Å². The fourth-order valence-corrected chi connectivity index (χ4v) is 2.27. The van der Waals surface area contributed by atoms with Crippen LogP contribution in [-0.4, -0.2) is 33.9 Å². The van der Waals surface area contributed by atoms with E-state index in [9.17, 15) is 20.1 Å². The lowest BCUT2D eigenvalue weighted by atomic mass is 10.1. The van der Waals surface area contributed by atoms with Gasteiger partial charge in [0.15, 0.2) is 0 Å².